The quantitative estimate of drug-likeness (QED) is 0.785. The Labute approximate surface area is 86.3 Å². The molecule has 2 atom stereocenters. The Morgan fingerprint density at radius 3 is 2.57 bits per heavy atom. The summed E-state index contributed by atoms with van der Waals surface area (Å²) in [5, 5.41) is 4.27. The van der Waals surface area contributed by atoms with Crippen molar-refractivity contribution in [2.75, 3.05) is 5.73 Å². The summed E-state index contributed by atoms with van der Waals surface area (Å²) in [5.41, 5.74) is 5.83. The van der Waals surface area contributed by atoms with Crippen LogP contribution in [0.5, 0.6) is 0 Å². The van der Waals surface area contributed by atoms with E-state index in [-0.39, 0.29) is 0 Å². The molecular formula is C11H21N3. The Morgan fingerprint density at radius 1 is 1.43 bits per heavy atom. The van der Waals surface area contributed by atoms with Gasteiger partial charge in [0.15, 0.2) is 0 Å². The number of nitrogens with zero attached hydrogens (tertiary/aromatic N) is 2. The van der Waals surface area contributed by atoms with E-state index in [9.17, 15) is 0 Å². The lowest BCUT2D eigenvalue weighted by Crippen LogP contribution is -2.15. The van der Waals surface area contributed by atoms with Gasteiger partial charge < -0.3 is 5.73 Å². The van der Waals surface area contributed by atoms with E-state index in [1.165, 1.54) is 12.8 Å². The molecule has 1 heterocycles. The molecule has 2 N–H and O–H groups in total. The lowest BCUT2D eigenvalue weighted by atomic mass is 9.98. The summed E-state index contributed by atoms with van der Waals surface area (Å²) < 4.78 is 1.95. The maximum Gasteiger partial charge on any atom is 0.121 e. The van der Waals surface area contributed by atoms with Crippen molar-refractivity contribution in [3.63, 3.8) is 0 Å². The Kier molecular flexibility index (Phi) is 3.98. The number of hydrogen-bond donors (Lipinski definition) is 1. The highest BCUT2D eigenvalue weighted by molar-refractivity contribution is 5.26. The Hall–Kier alpha value is -0.990. The summed E-state index contributed by atoms with van der Waals surface area (Å²) >= 11 is 0. The predicted octanol–water partition coefficient (Wildman–Crippen LogP) is 2.85. The third-order valence-corrected chi connectivity index (χ3v) is 2.89. The van der Waals surface area contributed by atoms with E-state index in [4.69, 9.17) is 5.73 Å². The van der Waals surface area contributed by atoms with Gasteiger partial charge in [0.2, 0.25) is 0 Å². The van der Waals surface area contributed by atoms with Gasteiger partial charge in [-0.15, -0.1) is 0 Å². The van der Waals surface area contributed by atoms with Gasteiger partial charge >= 0.3 is 0 Å². The maximum absolute atomic E-state index is 5.83. The third kappa shape index (κ3) is 2.50. The average molecular weight is 195 g/mol. The molecule has 0 saturated carbocycles. The lowest BCUT2D eigenvalue weighted by Gasteiger charge is -2.20. The second-order valence-corrected chi connectivity index (χ2v) is 4.01. The van der Waals surface area contributed by atoms with Crippen LogP contribution in [-0.4, -0.2) is 9.78 Å². The molecule has 0 aliphatic carbocycles. The van der Waals surface area contributed by atoms with E-state index in [1.807, 2.05) is 10.7 Å². The van der Waals surface area contributed by atoms with Crippen LogP contribution in [0.25, 0.3) is 0 Å². The first kappa shape index (κ1) is 11.1. The van der Waals surface area contributed by atoms with Crippen molar-refractivity contribution < 1.29 is 0 Å². The smallest absolute Gasteiger partial charge is 0.121 e. The second-order valence-electron chi connectivity index (χ2n) is 4.01. The Bertz CT molecular complexity index is 267. The van der Waals surface area contributed by atoms with Crippen molar-refractivity contribution in [2.45, 2.75) is 46.1 Å². The summed E-state index contributed by atoms with van der Waals surface area (Å²) in [5.74, 6) is 1.52. The highest BCUT2D eigenvalue weighted by Gasteiger charge is 2.14. The zero-order chi connectivity index (χ0) is 10.6. The lowest BCUT2D eigenvalue weighted by molar-refractivity contribution is 0.347. The fraction of sp³-hybridized carbons (Fsp3) is 0.727. The van der Waals surface area contributed by atoms with Crippen LogP contribution >= 0.6 is 0 Å². The molecule has 3 heteroatoms. The third-order valence-electron chi connectivity index (χ3n) is 2.89. The van der Waals surface area contributed by atoms with Gasteiger partial charge in [-0.3, -0.25) is 0 Å². The fourth-order valence-electron chi connectivity index (χ4n) is 1.70. The molecule has 80 valence electrons. The topological polar surface area (TPSA) is 43.8 Å². The van der Waals surface area contributed by atoms with Gasteiger partial charge in [-0.25, -0.2) is 4.68 Å². The molecule has 1 rings (SSSR count). The summed E-state index contributed by atoms with van der Waals surface area (Å²) in [4.78, 5) is 0. The molecule has 1 aromatic heterocycles. The molecular weight excluding hydrogens is 174 g/mol. The maximum atomic E-state index is 5.83. The molecule has 0 aliphatic rings. The standard InChI is InChI=1S/C11H21N3/c1-4-9(3)8-10(5-2)14-11(12)6-7-13-14/h6-7,9-10H,4-5,8,12H2,1-3H3. The SMILES string of the molecule is CCC(C)CC(CC)n1nccc1N. The molecule has 0 saturated heterocycles. The van der Waals surface area contributed by atoms with Gasteiger partial charge in [-0.05, 0) is 24.8 Å². The molecule has 1 aromatic rings. The first-order valence-corrected chi connectivity index (χ1v) is 5.48. The molecule has 2 unspecified atom stereocenters. The van der Waals surface area contributed by atoms with Crippen LogP contribution in [0.4, 0.5) is 5.82 Å². The number of rotatable bonds is 5. The predicted molar refractivity (Wildman–Crippen MR) is 60.0 cm³/mol. The number of aromatic nitrogens is 2. The van der Waals surface area contributed by atoms with Crippen LogP contribution in [0.3, 0.4) is 0 Å². The van der Waals surface area contributed by atoms with Gasteiger partial charge in [0, 0.05) is 0 Å². The molecule has 0 spiro atoms. The van der Waals surface area contributed by atoms with Crippen LogP contribution < -0.4 is 5.73 Å². The van der Waals surface area contributed by atoms with Gasteiger partial charge in [0.05, 0.1) is 12.2 Å². The van der Waals surface area contributed by atoms with Crippen LogP contribution in [0.2, 0.25) is 0 Å². The highest BCUT2D eigenvalue weighted by Crippen LogP contribution is 2.24. The zero-order valence-electron chi connectivity index (χ0n) is 9.40. The van der Waals surface area contributed by atoms with Crippen LogP contribution in [0.1, 0.15) is 46.1 Å². The summed E-state index contributed by atoms with van der Waals surface area (Å²) in [6.07, 6.45) is 5.25. The van der Waals surface area contributed by atoms with E-state index in [0.29, 0.717) is 6.04 Å². The Morgan fingerprint density at radius 2 is 2.14 bits per heavy atom. The molecule has 3 nitrogen and oxygen atoms in total. The fourth-order valence-corrected chi connectivity index (χ4v) is 1.70. The van der Waals surface area contributed by atoms with Crippen molar-refractivity contribution in [2.24, 2.45) is 5.92 Å². The van der Waals surface area contributed by atoms with Crippen LogP contribution in [-0.2, 0) is 0 Å². The number of hydrogen-bond acceptors (Lipinski definition) is 2. The van der Waals surface area contributed by atoms with Crippen molar-refractivity contribution in [3.8, 4) is 0 Å². The average Bonchev–Trinajstić information content (AvgIpc) is 2.60. The normalized spacial score (nSPS) is 15.4. The zero-order valence-corrected chi connectivity index (χ0v) is 9.40. The van der Waals surface area contributed by atoms with Crippen molar-refractivity contribution in [1.82, 2.24) is 9.78 Å². The monoisotopic (exact) mass is 195 g/mol. The minimum Gasteiger partial charge on any atom is -0.384 e. The minimum atomic E-state index is 0.458. The van der Waals surface area contributed by atoms with Crippen molar-refractivity contribution in [3.05, 3.63) is 12.3 Å². The molecule has 0 aliphatic heterocycles. The Balaban J connectivity index is 2.67. The van der Waals surface area contributed by atoms with Crippen LogP contribution in [0, 0.1) is 5.92 Å². The van der Waals surface area contributed by atoms with Crippen molar-refractivity contribution in [1.29, 1.82) is 0 Å². The van der Waals surface area contributed by atoms with Gasteiger partial charge in [-0.1, -0.05) is 27.2 Å². The van der Waals surface area contributed by atoms with E-state index in [2.05, 4.69) is 25.9 Å². The number of nitrogen functional groups attached to an aromatic ring is 1. The molecule has 0 aromatic carbocycles. The van der Waals surface area contributed by atoms with Crippen molar-refractivity contribution >= 4 is 5.82 Å². The largest absolute Gasteiger partial charge is 0.384 e. The molecule has 14 heavy (non-hydrogen) atoms. The number of nitrogens with two attached hydrogens (primary N) is 1. The molecule has 0 radical (unpaired) electrons. The molecule has 0 fully saturated rings. The first-order chi connectivity index (χ1) is 6.69. The molecule has 0 amide bonds. The van der Waals surface area contributed by atoms with Gasteiger partial charge in [0.1, 0.15) is 5.82 Å². The van der Waals surface area contributed by atoms with E-state index in [1.54, 1.807) is 6.20 Å². The summed E-state index contributed by atoms with van der Waals surface area (Å²) in [6.45, 7) is 6.69. The molecule has 0 bridgehead atoms. The van der Waals surface area contributed by atoms with Gasteiger partial charge in [0.25, 0.3) is 0 Å². The van der Waals surface area contributed by atoms with Gasteiger partial charge in [-0.2, -0.15) is 5.10 Å². The first-order valence-electron chi connectivity index (χ1n) is 5.48. The van der Waals surface area contributed by atoms with E-state index < -0.39 is 0 Å². The highest BCUT2D eigenvalue weighted by atomic mass is 15.3. The van der Waals surface area contributed by atoms with E-state index >= 15 is 0 Å². The number of anilines is 1. The summed E-state index contributed by atoms with van der Waals surface area (Å²) in [6, 6.07) is 2.32. The minimum absolute atomic E-state index is 0.458. The second kappa shape index (κ2) is 5.03. The van der Waals surface area contributed by atoms with Crippen LogP contribution in [0.15, 0.2) is 12.3 Å². The summed E-state index contributed by atoms with van der Waals surface area (Å²) in [7, 11) is 0. The van der Waals surface area contributed by atoms with E-state index in [0.717, 1.165) is 18.2 Å².